The minimum atomic E-state index is 0.644. The van der Waals surface area contributed by atoms with Gasteiger partial charge in [-0.25, -0.2) is 4.98 Å². The average molecular weight is 343 g/mol. The number of hydrogen-bond donors (Lipinski definition) is 0. The van der Waals surface area contributed by atoms with Crippen LogP contribution in [-0.2, 0) is 13.0 Å². The van der Waals surface area contributed by atoms with E-state index in [-0.39, 0.29) is 0 Å². The summed E-state index contributed by atoms with van der Waals surface area (Å²) in [6.45, 7) is 2.79. The summed E-state index contributed by atoms with van der Waals surface area (Å²) >= 11 is 0. The molecule has 2 heterocycles. The summed E-state index contributed by atoms with van der Waals surface area (Å²) < 4.78 is 1.84. The normalized spacial score (nSPS) is 11.0. The highest BCUT2D eigenvalue weighted by molar-refractivity contribution is 5.47. The van der Waals surface area contributed by atoms with Gasteiger partial charge in [-0.3, -0.25) is 0 Å². The number of aryl methyl sites for hydroxylation is 1. The third-order valence-corrected chi connectivity index (χ3v) is 4.32. The number of fused-ring (bicyclic) bond motifs is 1. The molecule has 4 rings (SSSR count). The maximum atomic E-state index is 4.71. The molecule has 0 unspecified atom stereocenters. The summed E-state index contributed by atoms with van der Waals surface area (Å²) in [5.41, 5.74) is 3.38. The molecule has 0 N–H and O–H groups in total. The smallest absolute Gasteiger partial charge is 0.254 e. The predicted octanol–water partition coefficient (Wildman–Crippen LogP) is 3.66. The van der Waals surface area contributed by atoms with E-state index in [9.17, 15) is 0 Å². The zero-order valence-corrected chi connectivity index (χ0v) is 15.0. The number of benzene rings is 2. The molecule has 0 saturated heterocycles. The Morgan fingerprint density at radius 3 is 2.23 bits per heavy atom. The van der Waals surface area contributed by atoms with Crippen LogP contribution in [-0.4, -0.2) is 26.6 Å². The summed E-state index contributed by atoms with van der Waals surface area (Å²) in [5.74, 6) is 2.41. The van der Waals surface area contributed by atoms with Gasteiger partial charge in [-0.05, 0) is 18.1 Å². The van der Waals surface area contributed by atoms with Crippen molar-refractivity contribution in [1.29, 1.82) is 0 Å². The van der Waals surface area contributed by atoms with Gasteiger partial charge in [-0.15, -0.1) is 5.10 Å². The number of hydrogen-bond acceptors (Lipinski definition) is 4. The lowest BCUT2D eigenvalue weighted by Crippen LogP contribution is -2.20. The number of nitrogens with zero attached hydrogens (tertiary/aromatic N) is 5. The van der Waals surface area contributed by atoms with E-state index >= 15 is 0 Å². The van der Waals surface area contributed by atoms with Crippen LogP contribution in [0.15, 0.2) is 66.7 Å². The topological polar surface area (TPSA) is 46.3 Å². The van der Waals surface area contributed by atoms with Crippen LogP contribution in [0, 0.1) is 6.92 Å². The van der Waals surface area contributed by atoms with Crippen LogP contribution in [0.5, 0.6) is 0 Å². The molecule has 2 aromatic heterocycles. The molecule has 4 aromatic rings. The monoisotopic (exact) mass is 343 g/mol. The van der Waals surface area contributed by atoms with Crippen molar-refractivity contribution < 1.29 is 0 Å². The fourth-order valence-electron chi connectivity index (χ4n) is 3.07. The van der Waals surface area contributed by atoms with Crippen molar-refractivity contribution in [2.24, 2.45) is 0 Å². The van der Waals surface area contributed by atoms with Gasteiger partial charge in [-0.2, -0.15) is 9.50 Å². The van der Waals surface area contributed by atoms with Crippen LogP contribution >= 0.6 is 0 Å². The van der Waals surface area contributed by atoms with Gasteiger partial charge < -0.3 is 4.90 Å². The Kier molecular flexibility index (Phi) is 4.35. The lowest BCUT2D eigenvalue weighted by Gasteiger charge is -2.20. The predicted molar refractivity (Wildman–Crippen MR) is 103 cm³/mol. The van der Waals surface area contributed by atoms with E-state index in [2.05, 4.69) is 64.4 Å². The number of rotatable bonds is 5. The van der Waals surface area contributed by atoms with E-state index in [1.807, 2.05) is 35.7 Å². The van der Waals surface area contributed by atoms with Crippen molar-refractivity contribution >= 4 is 11.6 Å². The fraction of sp³-hybridized carbons (Fsp3) is 0.190. The van der Waals surface area contributed by atoms with Gasteiger partial charge >= 0.3 is 0 Å². The quantitative estimate of drug-likeness (QED) is 0.555. The summed E-state index contributed by atoms with van der Waals surface area (Å²) in [6.07, 6.45) is 0.699. The first-order valence-corrected chi connectivity index (χ1v) is 8.71. The van der Waals surface area contributed by atoms with E-state index in [0.717, 1.165) is 23.9 Å². The molecule has 2 aromatic carbocycles. The zero-order valence-electron chi connectivity index (χ0n) is 15.0. The third-order valence-electron chi connectivity index (χ3n) is 4.32. The highest BCUT2D eigenvalue weighted by atomic mass is 15.4. The summed E-state index contributed by atoms with van der Waals surface area (Å²) in [5, 5.41) is 4.71. The second-order valence-corrected chi connectivity index (χ2v) is 6.50. The highest BCUT2D eigenvalue weighted by Gasteiger charge is 2.13. The van der Waals surface area contributed by atoms with Crippen molar-refractivity contribution in [3.63, 3.8) is 0 Å². The van der Waals surface area contributed by atoms with Crippen LogP contribution in [0.3, 0.4) is 0 Å². The molecular weight excluding hydrogens is 322 g/mol. The lowest BCUT2D eigenvalue weighted by molar-refractivity contribution is 0.815. The molecule has 0 aliphatic heterocycles. The summed E-state index contributed by atoms with van der Waals surface area (Å²) in [4.78, 5) is 11.4. The molecule has 5 heteroatoms. The maximum Gasteiger partial charge on any atom is 0.254 e. The molecule has 0 aliphatic carbocycles. The third kappa shape index (κ3) is 3.42. The molecule has 0 aliphatic rings. The van der Waals surface area contributed by atoms with Crippen molar-refractivity contribution in [2.75, 3.05) is 11.9 Å². The first-order chi connectivity index (χ1) is 12.7. The van der Waals surface area contributed by atoms with Crippen LogP contribution in [0.25, 0.3) is 5.78 Å². The van der Waals surface area contributed by atoms with Gasteiger partial charge in [0.15, 0.2) is 5.82 Å². The second kappa shape index (κ2) is 6.96. The molecule has 0 spiro atoms. The average Bonchev–Trinajstić information content (AvgIpc) is 3.04. The minimum Gasteiger partial charge on any atom is -0.355 e. The van der Waals surface area contributed by atoms with Gasteiger partial charge in [0.2, 0.25) is 0 Å². The SMILES string of the molecule is Cc1cc(N(C)Cc2ccccc2)n2nc(Cc3ccccc3)nc2n1. The van der Waals surface area contributed by atoms with Crippen LogP contribution in [0.2, 0.25) is 0 Å². The number of aromatic nitrogens is 4. The van der Waals surface area contributed by atoms with Gasteiger partial charge in [0.25, 0.3) is 5.78 Å². The number of anilines is 1. The molecule has 0 bridgehead atoms. The van der Waals surface area contributed by atoms with Crippen LogP contribution < -0.4 is 4.90 Å². The fourth-order valence-corrected chi connectivity index (χ4v) is 3.07. The molecule has 26 heavy (non-hydrogen) atoms. The Morgan fingerprint density at radius 1 is 0.885 bits per heavy atom. The molecule has 0 amide bonds. The minimum absolute atomic E-state index is 0.644. The Morgan fingerprint density at radius 2 is 1.54 bits per heavy atom. The first-order valence-electron chi connectivity index (χ1n) is 8.71. The Bertz CT molecular complexity index is 1010. The molecule has 0 atom stereocenters. The van der Waals surface area contributed by atoms with Gasteiger partial charge in [0.05, 0.1) is 0 Å². The molecular formula is C21H21N5. The van der Waals surface area contributed by atoms with E-state index in [1.54, 1.807) is 0 Å². The Balaban J connectivity index is 1.68. The first kappa shape index (κ1) is 16.3. The van der Waals surface area contributed by atoms with Crippen LogP contribution in [0.4, 0.5) is 5.82 Å². The maximum absolute atomic E-state index is 4.71. The zero-order chi connectivity index (χ0) is 17.9. The van der Waals surface area contributed by atoms with Crippen molar-refractivity contribution in [1.82, 2.24) is 19.6 Å². The summed E-state index contributed by atoms with van der Waals surface area (Å²) in [6, 6.07) is 22.7. The van der Waals surface area contributed by atoms with E-state index in [4.69, 9.17) is 5.10 Å². The molecule has 130 valence electrons. The Labute approximate surface area is 153 Å². The molecule has 5 nitrogen and oxygen atoms in total. The van der Waals surface area contributed by atoms with E-state index in [1.165, 1.54) is 11.1 Å². The van der Waals surface area contributed by atoms with Gasteiger partial charge in [0.1, 0.15) is 5.82 Å². The largest absolute Gasteiger partial charge is 0.355 e. The van der Waals surface area contributed by atoms with Gasteiger partial charge in [0, 0.05) is 31.8 Å². The van der Waals surface area contributed by atoms with Crippen molar-refractivity contribution in [3.05, 3.63) is 89.4 Å². The highest BCUT2D eigenvalue weighted by Crippen LogP contribution is 2.18. The standard InChI is InChI=1S/C21H21N5/c1-16-13-20(25(2)15-18-11-7-4-8-12-18)26-21(22-16)23-19(24-26)14-17-9-5-3-6-10-17/h3-13H,14-15H2,1-2H3. The molecule has 0 saturated carbocycles. The van der Waals surface area contributed by atoms with Crippen molar-refractivity contribution in [2.45, 2.75) is 19.9 Å². The van der Waals surface area contributed by atoms with Crippen molar-refractivity contribution in [3.8, 4) is 0 Å². The Hall–Kier alpha value is -3.21. The summed E-state index contributed by atoms with van der Waals surface area (Å²) in [7, 11) is 2.07. The lowest BCUT2D eigenvalue weighted by atomic mass is 10.1. The molecule has 0 radical (unpaired) electrons. The van der Waals surface area contributed by atoms with Gasteiger partial charge in [-0.1, -0.05) is 60.7 Å². The molecule has 0 fully saturated rings. The second-order valence-electron chi connectivity index (χ2n) is 6.50. The van der Waals surface area contributed by atoms with Crippen LogP contribution in [0.1, 0.15) is 22.6 Å². The van der Waals surface area contributed by atoms with E-state index < -0.39 is 0 Å². The van der Waals surface area contributed by atoms with E-state index in [0.29, 0.717) is 12.2 Å².